The molecule has 2 rings (SSSR count). The van der Waals surface area contributed by atoms with Crippen LogP contribution in [0.5, 0.6) is 0 Å². The van der Waals surface area contributed by atoms with E-state index in [9.17, 15) is 4.79 Å². The molecule has 0 atom stereocenters. The number of carbonyl (C=O) groups is 1. The highest BCUT2D eigenvalue weighted by Crippen LogP contribution is 2.27. The number of H-pyrrole nitrogens is 1. The quantitative estimate of drug-likeness (QED) is 0.895. The molecule has 1 amide bonds. The summed E-state index contributed by atoms with van der Waals surface area (Å²) in [5, 5.41) is 9.36. The number of aromatic amines is 1. The summed E-state index contributed by atoms with van der Waals surface area (Å²) in [5.41, 5.74) is 1.98. The molecule has 0 spiro atoms. The van der Waals surface area contributed by atoms with Crippen molar-refractivity contribution in [3.63, 3.8) is 0 Å². The summed E-state index contributed by atoms with van der Waals surface area (Å²) in [6.45, 7) is 3.84. The van der Waals surface area contributed by atoms with Gasteiger partial charge >= 0.3 is 0 Å². The summed E-state index contributed by atoms with van der Waals surface area (Å²) in [5.74, 6) is 0.526. The number of thiophene rings is 1. The van der Waals surface area contributed by atoms with Crippen molar-refractivity contribution in [2.24, 2.45) is 0 Å². The van der Waals surface area contributed by atoms with E-state index in [2.05, 4.69) is 31.4 Å². The zero-order chi connectivity index (χ0) is 11.7. The highest BCUT2D eigenvalue weighted by atomic mass is 79.9. The number of rotatable bonds is 2. The monoisotopic (exact) mass is 299 g/mol. The molecule has 0 aliphatic carbocycles. The predicted molar refractivity (Wildman–Crippen MR) is 68.0 cm³/mol. The van der Waals surface area contributed by atoms with E-state index >= 15 is 0 Å². The number of hydrogen-bond acceptors (Lipinski definition) is 3. The van der Waals surface area contributed by atoms with Crippen LogP contribution >= 0.6 is 27.3 Å². The summed E-state index contributed by atoms with van der Waals surface area (Å²) in [7, 11) is 0. The van der Waals surface area contributed by atoms with Crippen LogP contribution in [-0.4, -0.2) is 16.1 Å². The van der Waals surface area contributed by atoms with Gasteiger partial charge in [-0.3, -0.25) is 9.89 Å². The maximum Gasteiger partial charge on any atom is 0.266 e. The van der Waals surface area contributed by atoms with Crippen LogP contribution < -0.4 is 5.32 Å². The molecule has 0 aliphatic heterocycles. The van der Waals surface area contributed by atoms with Crippen molar-refractivity contribution in [1.82, 2.24) is 10.2 Å². The van der Waals surface area contributed by atoms with Gasteiger partial charge in [0.1, 0.15) is 5.82 Å². The molecule has 0 aromatic carbocycles. The van der Waals surface area contributed by atoms with Crippen molar-refractivity contribution >= 4 is 39.0 Å². The Morgan fingerprint density at radius 2 is 2.25 bits per heavy atom. The first-order valence-corrected chi connectivity index (χ1v) is 6.26. The van der Waals surface area contributed by atoms with E-state index < -0.39 is 0 Å². The highest BCUT2D eigenvalue weighted by molar-refractivity contribution is 9.11. The lowest BCUT2D eigenvalue weighted by Gasteiger charge is -2.00. The first-order chi connectivity index (χ1) is 7.58. The third kappa shape index (κ3) is 2.17. The summed E-state index contributed by atoms with van der Waals surface area (Å²) in [4.78, 5) is 12.5. The standard InChI is InChI=1S/C10H10BrN3OS/c1-5-3-7(16-8(5)11)10(15)13-9-6(2)4-12-14-9/h3-4H,1-2H3,(H2,12,13,14,15). The van der Waals surface area contributed by atoms with Crippen molar-refractivity contribution in [3.8, 4) is 0 Å². The van der Waals surface area contributed by atoms with Gasteiger partial charge in [0.15, 0.2) is 0 Å². The van der Waals surface area contributed by atoms with Crippen molar-refractivity contribution in [3.05, 3.63) is 32.1 Å². The number of halogens is 1. The minimum absolute atomic E-state index is 0.119. The largest absolute Gasteiger partial charge is 0.306 e. The number of carbonyl (C=O) groups excluding carboxylic acids is 1. The second-order valence-electron chi connectivity index (χ2n) is 3.45. The topological polar surface area (TPSA) is 57.8 Å². The Kier molecular flexibility index (Phi) is 3.11. The maximum absolute atomic E-state index is 11.9. The Labute approximate surface area is 105 Å². The second kappa shape index (κ2) is 4.39. The van der Waals surface area contributed by atoms with Crippen molar-refractivity contribution in [2.45, 2.75) is 13.8 Å². The average molecular weight is 300 g/mol. The highest BCUT2D eigenvalue weighted by Gasteiger charge is 2.12. The fourth-order valence-electron chi connectivity index (χ4n) is 1.22. The Morgan fingerprint density at radius 3 is 2.75 bits per heavy atom. The molecule has 0 unspecified atom stereocenters. The van der Waals surface area contributed by atoms with E-state index in [-0.39, 0.29) is 5.91 Å². The Bertz CT molecular complexity index is 512. The summed E-state index contributed by atoms with van der Waals surface area (Å²) < 4.78 is 0.985. The first kappa shape index (κ1) is 11.3. The number of nitrogens with one attached hydrogen (secondary N) is 2. The second-order valence-corrected chi connectivity index (χ2v) is 5.82. The molecule has 16 heavy (non-hydrogen) atoms. The minimum atomic E-state index is -0.119. The fourth-order valence-corrected chi connectivity index (χ4v) is 2.65. The molecular weight excluding hydrogens is 290 g/mol. The van der Waals surface area contributed by atoms with E-state index in [1.165, 1.54) is 11.3 Å². The number of hydrogen-bond donors (Lipinski definition) is 2. The molecule has 0 saturated heterocycles. The number of nitrogens with zero attached hydrogens (tertiary/aromatic N) is 1. The molecule has 2 aromatic rings. The summed E-state index contributed by atoms with van der Waals surface area (Å²) in [6, 6.07) is 1.86. The smallest absolute Gasteiger partial charge is 0.266 e. The van der Waals surface area contributed by atoms with Crippen molar-refractivity contribution in [1.29, 1.82) is 0 Å². The van der Waals surface area contributed by atoms with Crippen LogP contribution in [0.3, 0.4) is 0 Å². The molecule has 0 fully saturated rings. The first-order valence-electron chi connectivity index (χ1n) is 4.65. The van der Waals surface area contributed by atoms with Crippen LogP contribution in [0, 0.1) is 13.8 Å². The van der Waals surface area contributed by atoms with Gasteiger partial charge in [0, 0.05) is 5.56 Å². The van der Waals surface area contributed by atoms with Gasteiger partial charge in [-0.25, -0.2) is 0 Å². The molecule has 0 radical (unpaired) electrons. The lowest BCUT2D eigenvalue weighted by molar-refractivity contribution is 0.103. The van der Waals surface area contributed by atoms with Gasteiger partial charge < -0.3 is 5.32 Å². The average Bonchev–Trinajstić information content (AvgIpc) is 2.76. The maximum atomic E-state index is 11.9. The van der Waals surface area contributed by atoms with E-state index in [1.54, 1.807) is 6.20 Å². The Hall–Kier alpha value is -1.14. The number of aromatic nitrogens is 2. The van der Waals surface area contributed by atoms with Gasteiger partial charge in [-0.2, -0.15) is 5.10 Å². The molecule has 4 nitrogen and oxygen atoms in total. The van der Waals surface area contributed by atoms with Gasteiger partial charge in [-0.15, -0.1) is 11.3 Å². The summed E-state index contributed by atoms with van der Waals surface area (Å²) in [6.07, 6.45) is 1.67. The number of amides is 1. The van der Waals surface area contributed by atoms with Crippen molar-refractivity contribution < 1.29 is 4.79 Å². The van der Waals surface area contributed by atoms with E-state index in [0.717, 1.165) is 14.9 Å². The fraction of sp³-hybridized carbons (Fsp3) is 0.200. The Morgan fingerprint density at radius 1 is 1.50 bits per heavy atom. The molecule has 2 aromatic heterocycles. The van der Waals surface area contributed by atoms with E-state index in [4.69, 9.17) is 0 Å². The molecular formula is C10H10BrN3OS. The molecule has 2 heterocycles. The zero-order valence-corrected chi connectivity index (χ0v) is 11.2. The normalized spacial score (nSPS) is 10.4. The van der Waals surface area contributed by atoms with E-state index in [0.29, 0.717) is 10.7 Å². The predicted octanol–water partition coefficient (Wildman–Crippen LogP) is 3.10. The van der Waals surface area contributed by atoms with Gasteiger partial charge in [-0.1, -0.05) is 0 Å². The van der Waals surface area contributed by atoms with Crippen LogP contribution in [0.4, 0.5) is 5.82 Å². The van der Waals surface area contributed by atoms with Gasteiger partial charge in [0.05, 0.1) is 14.9 Å². The zero-order valence-electron chi connectivity index (χ0n) is 8.80. The van der Waals surface area contributed by atoms with Crippen LogP contribution in [0.25, 0.3) is 0 Å². The van der Waals surface area contributed by atoms with Crippen molar-refractivity contribution in [2.75, 3.05) is 5.32 Å². The lowest BCUT2D eigenvalue weighted by Crippen LogP contribution is -2.11. The van der Waals surface area contributed by atoms with Crippen LogP contribution in [0.1, 0.15) is 20.8 Å². The molecule has 6 heteroatoms. The number of aryl methyl sites for hydroxylation is 2. The third-order valence-electron chi connectivity index (χ3n) is 2.15. The van der Waals surface area contributed by atoms with Gasteiger partial charge in [0.25, 0.3) is 5.91 Å². The Balaban J connectivity index is 2.18. The van der Waals surface area contributed by atoms with Gasteiger partial charge in [0.2, 0.25) is 0 Å². The SMILES string of the molecule is Cc1cn[nH]c1NC(=O)c1cc(C)c(Br)s1. The summed E-state index contributed by atoms with van der Waals surface area (Å²) >= 11 is 4.82. The molecule has 0 bridgehead atoms. The number of anilines is 1. The van der Waals surface area contributed by atoms with Crippen LogP contribution in [-0.2, 0) is 0 Å². The molecule has 0 saturated carbocycles. The lowest BCUT2D eigenvalue weighted by atomic mass is 10.3. The third-order valence-corrected chi connectivity index (χ3v) is 4.28. The van der Waals surface area contributed by atoms with E-state index in [1.807, 2.05) is 19.9 Å². The molecule has 2 N–H and O–H groups in total. The van der Waals surface area contributed by atoms with Crippen LogP contribution in [0.2, 0.25) is 0 Å². The molecule has 0 aliphatic rings. The molecule has 84 valence electrons. The van der Waals surface area contributed by atoms with Crippen LogP contribution in [0.15, 0.2) is 16.0 Å². The minimum Gasteiger partial charge on any atom is -0.306 e. The van der Waals surface area contributed by atoms with Gasteiger partial charge in [-0.05, 0) is 41.4 Å².